The Balaban J connectivity index is 0.000000156. The molecule has 0 saturated carbocycles. The van der Waals surface area contributed by atoms with Crippen LogP contribution < -0.4 is 39.0 Å². The highest BCUT2D eigenvalue weighted by atomic mass is 35.5. The topological polar surface area (TPSA) is 150 Å². The highest BCUT2D eigenvalue weighted by Crippen LogP contribution is 2.44. The summed E-state index contributed by atoms with van der Waals surface area (Å²) >= 11 is 6.30. The number of methoxy groups -OCH3 is 1. The van der Waals surface area contributed by atoms with E-state index in [1.807, 2.05) is 43.4 Å². The molecule has 8 fully saturated rings. The van der Waals surface area contributed by atoms with Gasteiger partial charge in [0.1, 0.15) is 41.1 Å². The maximum Gasteiger partial charge on any atom is 0.171 e. The van der Waals surface area contributed by atoms with E-state index in [1.165, 1.54) is 154 Å². The number of aryl methyl sites for hydroxylation is 1. The molecule has 15 rings (SSSR count). The van der Waals surface area contributed by atoms with Gasteiger partial charge in [-0.2, -0.15) is 0 Å². The van der Waals surface area contributed by atoms with Crippen molar-refractivity contribution < 1.29 is 18.9 Å². The van der Waals surface area contributed by atoms with Crippen molar-refractivity contribution in [2.45, 2.75) is 300 Å². The molecule has 2 unspecified atom stereocenters. The van der Waals surface area contributed by atoms with Crippen LogP contribution in [0.25, 0.3) is 0 Å². The Bertz CT molecular complexity index is 3980. The molecular weight excluding hydrogens is 1470 g/mol. The van der Waals surface area contributed by atoms with Gasteiger partial charge in [0.2, 0.25) is 0 Å². The molecular formula is C98H151ClN14O4. The first-order valence-corrected chi connectivity index (χ1v) is 45.1. The molecule has 7 aromatic heterocycles. The summed E-state index contributed by atoms with van der Waals surface area (Å²) < 4.78 is 22.6. The van der Waals surface area contributed by atoms with E-state index in [0.29, 0.717) is 35.2 Å². The minimum atomic E-state index is 0.164. The van der Waals surface area contributed by atoms with Crippen LogP contribution in [0.2, 0.25) is 5.02 Å². The fraction of sp³-hybridized carbons (Fsp3) is 0.643. The van der Waals surface area contributed by atoms with Crippen LogP contribution in [0, 0.1) is 12.3 Å². The normalized spacial score (nSPS) is 21.0. The van der Waals surface area contributed by atoms with Crippen molar-refractivity contribution >= 4 is 52.3 Å². The zero-order chi connectivity index (χ0) is 84.8. The summed E-state index contributed by atoms with van der Waals surface area (Å²) in [5, 5.41) is 0.799. The predicted octanol–water partition coefficient (Wildman–Crippen LogP) is 22.3. The molecule has 19 heteroatoms. The summed E-state index contributed by atoms with van der Waals surface area (Å²) in [5.74, 6) is 10.5. The number of aromatic nitrogens is 7. The molecule has 8 aliphatic rings. The van der Waals surface area contributed by atoms with Crippen LogP contribution >= 0.6 is 11.6 Å². The molecule has 5 atom stereocenters. The molecule has 644 valence electrons. The zero-order valence-electron chi connectivity index (χ0n) is 76.6. The average molecular weight is 1620 g/mol. The van der Waals surface area contributed by atoms with E-state index in [2.05, 4.69) is 288 Å². The van der Waals surface area contributed by atoms with E-state index in [1.54, 1.807) is 7.11 Å². The monoisotopic (exact) mass is 1620 g/mol. The van der Waals surface area contributed by atoms with Gasteiger partial charge in [0, 0.05) is 140 Å². The lowest BCUT2D eigenvalue weighted by Crippen LogP contribution is -2.45. The van der Waals surface area contributed by atoms with Crippen molar-refractivity contribution in [2.24, 2.45) is 5.41 Å². The molecule has 15 heterocycles. The molecule has 8 saturated heterocycles. The Morgan fingerprint density at radius 1 is 0.410 bits per heavy atom. The second-order valence-corrected chi connectivity index (χ2v) is 39.1. The number of ether oxygens (including phenoxy) is 4. The second-order valence-electron chi connectivity index (χ2n) is 38.7. The SMILES string of the molecule is CC(C)(C)c1ccc(N2CCCCC2)nc1.CC(C)(C)c1ccc(N2C[C@]3(C)CO[C@H]2C3)nc1.CC(C)c1ccc(N2CCO[C@H](C)C2)nc1.CC(C)c1cnc(N2CCCCC2)c(Cl)c1.CC1CN(c2ccc(C(C)(C)C)cn2)CC(C)O1.COc1cc(C(C)C)cnc1N1CCCCC1.Cc1cc(C(C)C)cnc1N1CCCCC1. The van der Waals surface area contributed by atoms with E-state index < -0.39 is 0 Å². The van der Waals surface area contributed by atoms with E-state index in [9.17, 15) is 0 Å². The molecule has 7 aromatic rings. The fourth-order valence-corrected chi connectivity index (χ4v) is 16.4. The Hall–Kier alpha value is -7.38. The number of piperidine rings is 4. The minimum Gasteiger partial charge on any atom is -0.493 e. The van der Waals surface area contributed by atoms with Crippen LogP contribution in [0.4, 0.5) is 40.7 Å². The molecule has 0 aromatic carbocycles. The van der Waals surface area contributed by atoms with E-state index in [-0.39, 0.29) is 34.7 Å². The van der Waals surface area contributed by atoms with Crippen molar-refractivity contribution in [1.29, 1.82) is 0 Å². The first kappa shape index (κ1) is 93.5. The molecule has 117 heavy (non-hydrogen) atoms. The van der Waals surface area contributed by atoms with E-state index in [4.69, 9.17) is 30.5 Å². The molecule has 2 bridgehead atoms. The predicted molar refractivity (Wildman–Crippen MR) is 492 cm³/mol. The van der Waals surface area contributed by atoms with E-state index >= 15 is 0 Å². The molecule has 0 aliphatic carbocycles. The third-order valence-electron chi connectivity index (χ3n) is 23.7. The lowest BCUT2D eigenvalue weighted by atomic mass is 9.88. The van der Waals surface area contributed by atoms with Crippen LogP contribution in [0.5, 0.6) is 5.75 Å². The number of pyridine rings is 7. The van der Waals surface area contributed by atoms with Gasteiger partial charge in [0.25, 0.3) is 0 Å². The van der Waals surface area contributed by atoms with Gasteiger partial charge in [-0.1, -0.05) is 167 Å². The Morgan fingerprint density at radius 3 is 1.19 bits per heavy atom. The number of hydrogen-bond donors (Lipinski definition) is 0. The van der Waals surface area contributed by atoms with Crippen molar-refractivity contribution in [1.82, 2.24) is 34.9 Å². The van der Waals surface area contributed by atoms with Crippen molar-refractivity contribution in [3.05, 3.63) is 160 Å². The van der Waals surface area contributed by atoms with Gasteiger partial charge >= 0.3 is 0 Å². The first-order chi connectivity index (χ1) is 55.6. The molecule has 0 radical (unpaired) electrons. The number of morpholine rings is 2. The highest BCUT2D eigenvalue weighted by Gasteiger charge is 2.48. The number of fused-ring (bicyclic) bond motifs is 2. The Kier molecular flexibility index (Phi) is 34.9. The number of hydrogen-bond acceptors (Lipinski definition) is 18. The fourth-order valence-electron chi connectivity index (χ4n) is 16.1. The van der Waals surface area contributed by atoms with Crippen molar-refractivity contribution in [3.8, 4) is 5.75 Å². The summed E-state index contributed by atoms with van der Waals surface area (Å²) in [7, 11) is 1.73. The van der Waals surface area contributed by atoms with Crippen LogP contribution in [-0.4, -0.2) is 165 Å². The summed E-state index contributed by atoms with van der Waals surface area (Å²) in [6, 6.07) is 23.8. The summed E-state index contributed by atoms with van der Waals surface area (Å²) in [4.78, 5) is 48.5. The van der Waals surface area contributed by atoms with Gasteiger partial charge in [0.15, 0.2) is 11.6 Å². The van der Waals surface area contributed by atoms with Crippen molar-refractivity contribution in [3.63, 3.8) is 0 Å². The molecule has 18 nitrogen and oxygen atoms in total. The molecule has 0 spiro atoms. The van der Waals surface area contributed by atoms with Gasteiger partial charge in [-0.25, -0.2) is 34.9 Å². The highest BCUT2D eigenvalue weighted by molar-refractivity contribution is 6.33. The number of halogens is 1. The van der Waals surface area contributed by atoms with Gasteiger partial charge in [-0.3, -0.25) is 0 Å². The van der Waals surface area contributed by atoms with Gasteiger partial charge in [-0.15, -0.1) is 0 Å². The van der Waals surface area contributed by atoms with Crippen LogP contribution in [-0.2, 0) is 30.5 Å². The van der Waals surface area contributed by atoms with Gasteiger partial charge in [0.05, 0.1) is 43.7 Å². The van der Waals surface area contributed by atoms with Crippen LogP contribution in [0.1, 0.15) is 297 Å². The average Bonchev–Trinajstić information content (AvgIpc) is 1.61. The smallest absolute Gasteiger partial charge is 0.171 e. The maximum absolute atomic E-state index is 6.30. The quantitative estimate of drug-likeness (QED) is 0.114. The number of anilines is 7. The lowest BCUT2D eigenvalue weighted by molar-refractivity contribution is -0.00546. The summed E-state index contributed by atoms with van der Waals surface area (Å²) in [6.07, 6.45) is 31.9. The summed E-state index contributed by atoms with van der Waals surface area (Å²) in [6.45, 7) is 63.8. The number of rotatable bonds is 12. The Morgan fingerprint density at radius 2 is 0.795 bits per heavy atom. The van der Waals surface area contributed by atoms with E-state index in [0.717, 1.165) is 124 Å². The second kappa shape index (κ2) is 43.7. The third-order valence-corrected chi connectivity index (χ3v) is 24.0. The minimum absolute atomic E-state index is 0.164. The largest absolute Gasteiger partial charge is 0.493 e. The lowest BCUT2D eigenvalue weighted by Gasteiger charge is -2.36. The standard InChI is InChI=1S/C15H22N2O.C15H24N2O.C14H22N2O.2C14H22N2.C13H19ClN2.C13H20N2O/c1-14(2,3)11-5-6-12(16-8-11)17-9-15(4)7-13(17)18-10-15;1-11-9-17(10-12(2)18-11)14-7-6-13(8-16-14)15(3,4)5;1-11(2)12-9-13(17-3)14(15-10-12)16-7-5-4-6-8-16;1-14(2,3)12-7-8-13(15-11-12)16-9-5-4-6-10-16;1-11(2)13-9-12(3)14(15-10-13)16-7-5-4-6-8-16;1-10(2)11-8-12(14)13(15-9-11)16-6-4-3-5-7-16;1-10(2)12-4-5-13(14-8-12)15-6-7-16-11(3)9-15/h5-6,8,13H,7,9-10H2,1-4H3;6-8,11-12H,9-10H2,1-5H3;9-11H,4-8H2,1-3H3;7-8,11H,4-6,9-10H2,1-3H3;9-11H,4-8H2,1-3H3;8-10H,3-7H2,1-2H3;4-5,8,10-11H,6-7,9H2,1-3H3/t13-,15+;;;;;;11-/m0.....1/s1. The molecule has 0 N–H and O–H groups in total. The first-order valence-electron chi connectivity index (χ1n) is 44.7. The molecule has 0 amide bonds. The van der Waals surface area contributed by atoms with Gasteiger partial charge in [-0.05, 0) is 226 Å². The van der Waals surface area contributed by atoms with Crippen LogP contribution in [0.15, 0.2) is 110 Å². The third kappa shape index (κ3) is 28.1. The van der Waals surface area contributed by atoms with Gasteiger partial charge < -0.3 is 53.2 Å². The maximum atomic E-state index is 6.30. The zero-order valence-corrected chi connectivity index (χ0v) is 77.3. The van der Waals surface area contributed by atoms with Crippen LogP contribution in [0.3, 0.4) is 0 Å². The Labute approximate surface area is 712 Å². The molecule has 8 aliphatic heterocycles. The summed E-state index contributed by atoms with van der Waals surface area (Å²) in [5.41, 5.74) is 11.2. The van der Waals surface area contributed by atoms with Crippen molar-refractivity contribution in [2.75, 3.05) is 140 Å². The number of nitrogens with zero attached hydrogens (tertiary/aromatic N) is 14.